The molecule has 3 nitrogen and oxygen atoms in total. The summed E-state index contributed by atoms with van der Waals surface area (Å²) in [7, 11) is 0. The second-order valence-electron chi connectivity index (χ2n) is 5.75. The first-order valence-corrected chi connectivity index (χ1v) is 9.13. The first-order valence-electron chi connectivity index (χ1n) is 9.13. The summed E-state index contributed by atoms with van der Waals surface area (Å²) in [6.45, 7) is 2.23. The SMILES string of the molecule is CCCCCCCCCC=C(O)C=CC=CC=CC=CC=CC(=O)O. The minimum absolute atomic E-state index is 0.304. The summed E-state index contributed by atoms with van der Waals surface area (Å²) in [5.41, 5.74) is 0. The number of hydrogen-bond donors (Lipinski definition) is 2. The molecule has 0 saturated heterocycles. The lowest BCUT2D eigenvalue weighted by molar-refractivity contribution is -0.131. The van der Waals surface area contributed by atoms with Gasteiger partial charge in [0.1, 0.15) is 5.76 Å². The third-order valence-electron chi connectivity index (χ3n) is 3.44. The Labute approximate surface area is 152 Å². The molecule has 2 N–H and O–H groups in total. The number of carboxylic acids is 1. The van der Waals surface area contributed by atoms with Crippen molar-refractivity contribution in [3.8, 4) is 0 Å². The molecule has 0 unspecified atom stereocenters. The summed E-state index contributed by atoms with van der Waals surface area (Å²) in [6, 6.07) is 0. The molecular formula is C22H32O3. The van der Waals surface area contributed by atoms with Crippen LogP contribution in [0.2, 0.25) is 0 Å². The quantitative estimate of drug-likeness (QED) is 0.165. The maximum Gasteiger partial charge on any atom is 0.328 e. The van der Waals surface area contributed by atoms with Gasteiger partial charge in [0.2, 0.25) is 0 Å². The second kappa shape index (κ2) is 18.1. The highest BCUT2D eigenvalue weighted by molar-refractivity contribution is 5.80. The lowest BCUT2D eigenvalue weighted by atomic mass is 10.1. The Morgan fingerprint density at radius 3 is 1.72 bits per heavy atom. The number of aliphatic hydroxyl groups excluding tert-OH is 1. The molecule has 3 heteroatoms. The fourth-order valence-corrected chi connectivity index (χ4v) is 2.10. The number of rotatable bonds is 14. The largest absolute Gasteiger partial charge is 0.508 e. The highest BCUT2D eigenvalue weighted by Gasteiger charge is 1.90. The van der Waals surface area contributed by atoms with Gasteiger partial charge in [0.05, 0.1) is 0 Å². The van der Waals surface area contributed by atoms with Crippen molar-refractivity contribution in [2.75, 3.05) is 0 Å². The van der Waals surface area contributed by atoms with E-state index in [-0.39, 0.29) is 0 Å². The molecule has 0 fully saturated rings. The lowest BCUT2D eigenvalue weighted by Gasteiger charge is -1.99. The minimum Gasteiger partial charge on any atom is -0.508 e. The molecule has 0 aliphatic carbocycles. The van der Waals surface area contributed by atoms with Crippen LogP contribution in [-0.2, 0) is 4.79 Å². The monoisotopic (exact) mass is 344 g/mol. The Hall–Kier alpha value is -2.29. The molecule has 0 spiro atoms. The van der Waals surface area contributed by atoms with E-state index < -0.39 is 5.97 Å². The van der Waals surface area contributed by atoms with Crippen LogP contribution in [0.3, 0.4) is 0 Å². The van der Waals surface area contributed by atoms with E-state index in [0.717, 1.165) is 18.9 Å². The Morgan fingerprint density at radius 2 is 1.16 bits per heavy atom. The molecule has 0 aliphatic rings. The van der Waals surface area contributed by atoms with Gasteiger partial charge in [-0.2, -0.15) is 0 Å². The van der Waals surface area contributed by atoms with Crippen LogP contribution in [0.1, 0.15) is 58.3 Å². The van der Waals surface area contributed by atoms with Crippen LogP contribution in [0.15, 0.2) is 72.6 Å². The van der Waals surface area contributed by atoms with Crippen molar-refractivity contribution in [2.45, 2.75) is 58.3 Å². The van der Waals surface area contributed by atoms with Crippen molar-refractivity contribution >= 4 is 5.97 Å². The van der Waals surface area contributed by atoms with E-state index in [4.69, 9.17) is 5.11 Å². The van der Waals surface area contributed by atoms with Gasteiger partial charge in [-0.3, -0.25) is 0 Å². The Bertz CT molecular complexity index is 505. The lowest BCUT2D eigenvalue weighted by Crippen LogP contribution is -1.84. The summed E-state index contributed by atoms with van der Waals surface area (Å²) in [5, 5.41) is 18.1. The average molecular weight is 344 g/mol. The number of aliphatic hydroxyl groups is 1. The van der Waals surface area contributed by atoms with Crippen molar-refractivity contribution in [1.82, 2.24) is 0 Å². The number of carboxylic acid groups (broad SMARTS) is 1. The average Bonchev–Trinajstić information content (AvgIpc) is 2.58. The predicted molar refractivity (Wildman–Crippen MR) is 107 cm³/mol. The van der Waals surface area contributed by atoms with Gasteiger partial charge < -0.3 is 10.2 Å². The van der Waals surface area contributed by atoms with Gasteiger partial charge in [0.25, 0.3) is 0 Å². The zero-order valence-corrected chi connectivity index (χ0v) is 15.3. The highest BCUT2D eigenvalue weighted by Crippen LogP contribution is 2.09. The zero-order chi connectivity index (χ0) is 18.6. The van der Waals surface area contributed by atoms with E-state index in [2.05, 4.69) is 6.92 Å². The molecule has 0 atom stereocenters. The van der Waals surface area contributed by atoms with Crippen molar-refractivity contribution in [1.29, 1.82) is 0 Å². The van der Waals surface area contributed by atoms with Gasteiger partial charge in [-0.1, -0.05) is 94.1 Å². The maximum atomic E-state index is 10.2. The Morgan fingerprint density at radius 1 is 0.680 bits per heavy atom. The Kier molecular flexibility index (Phi) is 16.4. The molecule has 0 aromatic carbocycles. The van der Waals surface area contributed by atoms with E-state index in [9.17, 15) is 9.90 Å². The van der Waals surface area contributed by atoms with Crippen molar-refractivity contribution in [3.05, 3.63) is 72.6 Å². The third-order valence-corrected chi connectivity index (χ3v) is 3.44. The van der Waals surface area contributed by atoms with E-state index >= 15 is 0 Å². The third kappa shape index (κ3) is 19.7. The first-order chi connectivity index (χ1) is 12.2. The van der Waals surface area contributed by atoms with Crippen LogP contribution in [0.5, 0.6) is 0 Å². The molecule has 0 rings (SSSR count). The molecule has 0 heterocycles. The van der Waals surface area contributed by atoms with Gasteiger partial charge in [-0.05, 0) is 25.0 Å². The summed E-state index contributed by atoms with van der Waals surface area (Å²) >= 11 is 0. The molecule has 25 heavy (non-hydrogen) atoms. The van der Waals surface area contributed by atoms with E-state index in [0.29, 0.717) is 5.76 Å². The van der Waals surface area contributed by atoms with E-state index in [1.807, 2.05) is 24.3 Å². The van der Waals surface area contributed by atoms with Gasteiger partial charge in [-0.25, -0.2) is 4.79 Å². The van der Waals surface area contributed by atoms with Crippen molar-refractivity contribution in [3.63, 3.8) is 0 Å². The summed E-state index contributed by atoms with van der Waals surface area (Å²) in [5.74, 6) is -0.656. The van der Waals surface area contributed by atoms with Crippen LogP contribution in [0.4, 0.5) is 0 Å². The molecule has 0 amide bonds. The van der Waals surface area contributed by atoms with E-state index in [1.54, 1.807) is 30.4 Å². The standard InChI is InChI=1S/C22H32O3/c1-2-3-4-5-6-9-12-15-18-21(23)19-16-13-10-7-8-11-14-17-20-22(24)25/h7-8,10-11,13-14,16-20,23H,2-6,9,12,15H2,1H3,(H,24,25). The number of aliphatic carboxylic acids is 1. The number of hydrogen-bond acceptors (Lipinski definition) is 2. The number of unbranched alkanes of at least 4 members (excludes halogenated alkanes) is 7. The molecule has 0 aromatic rings. The Balaban J connectivity index is 3.79. The number of carbonyl (C=O) groups is 1. The molecular weight excluding hydrogens is 312 g/mol. The van der Waals surface area contributed by atoms with Gasteiger partial charge in [0, 0.05) is 6.08 Å². The normalized spacial score (nSPS) is 13.4. The molecule has 0 radical (unpaired) electrons. The fraction of sp³-hybridized carbons (Fsp3) is 0.409. The fourth-order valence-electron chi connectivity index (χ4n) is 2.10. The smallest absolute Gasteiger partial charge is 0.328 e. The van der Waals surface area contributed by atoms with Crippen LogP contribution in [0, 0.1) is 0 Å². The van der Waals surface area contributed by atoms with Gasteiger partial charge in [-0.15, -0.1) is 0 Å². The molecule has 138 valence electrons. The van der Waals surface area contributed by atoms with Crippen LogP contribution in [-0.4, -0.2) is 16.2 Å². The first kappa shape index (κ1) is 22.7. The molecule has 0 aliphatic heterocycles. The predicted octanol–water partition coefficient (Wildman–Crippen LogP) is 6.43. The highest BCUT2D eigenvalue weighted by atomic mass is 16.4. The van der Waals surface area contributed by atoms with Crippen molar-refractivity contribution < 1.29 is 15.0 Å². The van der Waals surface area contributed by atoms with Gasteiger partial charge in [0.15, 0.2) is 0 Å². The summed E-state index contributed by atoms with van der Waals surface area (Å²) < 4.78 is 0. The summed E-state index contributed by atoms with van der Waals surface area (Å²) in [6.07, 6.45) is 28.4. The maximum absolute atomic E-state index is 10.2. The zero-order valence-electron chi connectivity index (χ0n) is 15.3. The topological polar surface area (TPSA) is 57.5 Å². The minimum atomic E-state index is -0.960. The summed E-state index contributed by atoms with van der Waals surface area (Å²) in [4.78, 5) is 10.2. The van der Waals surface area contributed by atoms with Gasteiger partial charge >= 0.3 is 5.97 Å². The second-order valence-corrected chi connectivity index (χ2v) is 5.75. The van der Waals surface area contributed by atoms with Crippen molar-refractivity contribution in [2.24, 2.45) is 0 Å². The van der Waals surface area contributed by atoms with Crippen LogP contribution in [0.25, 0.3) is 0 Å². The van der Waals surface area contributed by atoms with Crippen LogP contribution >= 0.6 is 0 Å². The molecule has 0 saturated carbocycles. The molecule has 0 bridgehead atoms. The van der Waals surface area contributed by atoms with Crippen LogP contribution < -0.4 is 0 Å². The molecule has 0 aromatic heterocycles. The number of allylic oxidation sites excluding steroid dienone is 10. The van der Waals surface area contributed by atoms with E-state index in [1.165, 1.54) is 44.6 Å².